The van der Waals surface area contributed by atoms with E-state index in [4.69, 9.17) is 0 Å². The molecule has 5 nitrogen and oxygen atoms in total. The van der Waals surface area contributed by atoms with Crippen molar-refractivity contribution in [3.05, 3.63) is 72.2 Å². The van der Waals surface area contributed by atoms with Crippen molar-refractivity contribution in [1.29, 1.82) is 0 Å². The number of nitrogens with zero attached hydrogens (tertiary/aromatic N) is 2. The second-order valence-corrected chi connectivity index (χ2v) is 4.89. The molecule has 0 saturated carbocycles. The van der Waals surface area contributed by atoms with Gasteiger partial charge in [-0.1, -0.05) is 36.4 Å². The number of nitrogens with one attached hydrogen (secondary N) is 2. The number of hydrogen-bond donors (Lipinski definition) is 2. The molecule has 0 saturated heterocycles. The highest BCUT2D eigenvalue weighted by Gasteiger charge is 2.14. The SMILES string of the molecule is O=C(NCCc1cccnc1)c1cn[nH]c1-c1ccccc1. The van der Waals surface area contributed by atoms with E-state index in [9.17, 15) is 4.79 Å². The Morgan fingerprint density at radius 3 is 2.73 bits per heavy atom. The Morgan fingerprint density at radius 2 is 1.95 bits per heavy atom. The zero-order valence-electron chi connectivity index (χ0n) is 12.0. The van der Waals surface area contributed by atoms with Gasteiger partial charge in [-0.25, -0.2) is 0 Å². The molecule has 22 heavy (non-hydrogen) atoms. The minimum absolute atomic E-state index is 0.128. The lowest BCUT2D eigenvalue weighted by molar-refractivity contribution is 0.0955. The maximum Gasteiger partial charge on any atom is 0.255 e. The van der Waals surface area contributed by atoms with Crippen LogP contribution in [0.15, 0.2) is 61.1 Å². The number of amides is 1. The first-order chi connectivity index (χ1) is 10.8. The topological polar surface area (TPSA) is 70.7 Å². The Labute approximate surface area is 128 Å². The molecule has 2 N–H and O–H groups in total. The zero-order chi connectivity index (χ0) is 15.2. The standard InChI is InChI=1S/C17H16N4O/c22-17(19-10-8-13-5-4-9-18-11-13)15-12-20-21-16(15)14-6-2-1-3-7-14/h1-7,9,11-12H,8,10H2,(H,19,22)(H,20,21). The predicted molar refractivity (Wildman–Crippen MR) is 84.3 cm³/mol. The Bertz CT molecular complexity index is 738. The molecule has 3 aromatic rings. The van der Waals surface area contributed by atoms with E-state index >= 15 is 0 Å². The van der Waals surface area contributed by atoms with Crippen molar-refractivity contribution in [1.82, 2.24) is 20.5 Å². The summed E-state index contributed by atoms with van der Waals surface area (Å²) in [5, 5.41) is 9.80. The smallest absolute Gasteiger partial charge is 0.255 e. The van der Waals surface area contributed by atoms with Crippen LogP contribution in [-0.4, -0.2) is 27.6 Å². The number of pyridine rings is 1. The molecule has 2 heterocycles. The van der Waals surface area contributed by atoms with Gasteiger partial charge >= 0.3 is 0 Å². The van der Waals surface area contributed by atoms with Crippen LogP contribution in [0.1, 0.15) is 15.9 Å². The number of hydrogen-bond acceptors (Lipinski definition) is 3. The van der Waals surface area contributed by atoms with Gasteiger partial charge in [-0.05, 0) is 18.1 Å². The summed E-state index contributed by atoms with van der Waals surface area (Å²) in [4.78, 5) is 16.4. The molecule has 0 spiro atoms. The summed E-state index contributed by atoms with van der Waals surface area (Å²) in [6.45, 7) is 0.559. The quantitative estimate of drug-likeness (QED) is 0.759. The number of aromatic amines is 1. The molecule has 0 bridgehead atoms. The van der Waals surface area contributed by atoms with Gasteiger partial charge in [0.1, 0.15) is 0 Å². The monoisotopic (exact) mass is 292 g/mol. The van der Waals surface area contributed by atoms with E-state index in [0.29, 0.717) is 12.1 Å². The fourth-order valence-electron chi connectivity index (χ4n) is 2.24. The van der Waals surface area contributed by atoms with E-state index in [1.165, 1.54) is 0 Å². The summed E-state index contributed by atoms with van der Waals surface area (Å²) in [5.41, 5.74) is 3.33. The van der Waals surface area contributed by atoms with Crippen molar-refractivity contribution in [3.63, 3.8) is 0 Å². The second-order valence-electron chi connectivity index (χ2n) is 4.89. The summed E-state index contributed by atoms with van der Waals surface area (Å²) in [6, 6.07) is 13.6. The highest BCUT2D eigenvalue weighted by Crippen LogP contribution is 2.20. The Kier molecular flexibility index (Phi) is 4.25. The molecule has 0 radical (unpaired) electrons. The fourth-order valence-corrected chi connectivity index (χ4v) is 2.24. The van der Waals surface area contributed by atoms with E-state index in [2.05, 4.69) is 20.5 Å². The lowest BCUT2D eigenvalue weighted by Gasteiger charge is -2.06. The minimum Gasteiger partial charge on any atom is -0.352 e. The maximum absolute atomic E-state index is 12.3. The molecule has 0 aliphatic carbocycles. The van der Waals surface area contributed by atoms with Gasteiger partial charge in [0.25, 0.3) is 5.91 Å². The van der Waals surface area contributed by atoms with Crippen LogP contribution in [-0.2, 0) is 6.42 Å². The van der Waals surface area contributed by atoms with Crippen molar-refractivity contribution in [2.45, 2.75) is 6.42 Å². The summed E-state index contributed by atoms with van der Waals surface area (Å²) >= 11 is 0. The van der Waals surface area contributed by atoms with Crippen LogP contribution in [0.2, 0.25) is 0 Å². The average molecular weight is 292 g/mol. The molecule has 110 valence electrons. The molecule has 0 aliphatic rings. The van der Waals surface area contributed by atoms with Gasteiger partial charge in [0.2, 0.25) is 0 Å². The van der Waals surface area contributed by atoms with Crippen molar-refractivity contribution in [2.24, 2.45) is 0 Å². The number of carbonyl (C=O) groups excluding carboxylic acids is 1. The lowest BCUT2D eigenvalue weighted by atomic mass is 10.1. The number of benzene rings is 1. The van der Waals surface area contributed by atoms with Gasteiger partial charge in [0.05, 0.1) is 17.5 Å². The van der Waals surface area contributed by atoms with Gasteiger partial charge in [0.15, 0.2) is 0 Å². The van der Waals surface area contributed by atoms with Crippen LogP contribution >= 0.6 is 0 Å². The fraction of sp³-hybridized carbons (Fsp3) is 0.118. The van der Waals surface area contributed by atoms with E-state index in [-0.39, 0.29) is 5.91 Å². The summed E-state index contributed by atoms with van der Waals surface area (Å²) in [7, 11) is 0. The van der Waals surface area contributed by atoms with Gasteiger partial charge < -0.3 is 5.32 Å². The summed E-state index contributed by atoms with van der Waals surface area (Å²) < 4.78 is 0. The number of rotatable bonds is 5. The number of carbonyl (C=O) groups is 1. The van der Waals surface area contributed by atoms with Gasteiger partial charge in [-0.3, -0.25) is 14.9 Å². The molecule has 5 heteroatoms. The summed E-state index contributed by atoms with van der Waals surface area (Å²) in [6.07, 6.45) is 5.85. The molecule has 1 amide bonds. The largest absolute Gasteiger partial charge is 0.352 e. The predicted octanol–water partition coefficient (Wildman–Crippen LogP) is 2.44. The van der Waals surface area contributed by atoms with Crippen molar-refractivity contribution >= 4 is 5.91 Å². The van der Waals surface area contributed by atoms with Crippen molar-refractivity contribution in [2.75, 3.05) is 6.54 Å². The van der Waals surface area contributed by atoms with Crippen molar-refractivity contribution in [3.8, 4) is 11.3 Å². The Morgan fingerprint density at radius 1 is 1.09 bits per heavy atom. The van der Waals surface area contributed by atoms with Gasteiger partial charge in [-0.15, -0.1) is 0 Å². The molecule has 0 aliphatic heterocycles. The molecule has 0 fully saturated rings. The molecule has 0 atom stereocenters. The first-order valence-corrected chi connectivity index (χ1v) is 7.10. The molecule has 1 aromatic carbocycles. The van der Waals surface area contributed by atoms with E-state index in [1.54, 1.807) is 18.6 Å². The van der Waals surface area contributed by atoms with E-state index in [0.717, 1.165) is 23.2 Å². The van der Waals surface area contributed by atoms with Crippen LogP contribution in [0, 0.1) is 0 Å². The van der Waals surface area contributed by atoms with Gasteiger partial charge in [-0.2, -0.15) is 5.10 Å². The number of H-pyrrole nitrogens is 1. The highest BCUT2D eigenvalue weighted by molar-refractivity contribution is 5.99. The average Bonchev–Trinajstić information content (AvgIpc) is 3.06. The van der Waals surface area contributed by atoms with Gasteiger partial charge in [0, 0.05) is 24.5 Å². The lowest BCUT2D eigenvalue weighted by Crippen LogP contribution is -2.25. The van der Waals surface area contributed by atoms with Crippen LogP contribution in [0.25, 0.3) is 11.3 Å². The van der Waals surface area contributed by atoms with E-state index < -0.39 is 0 Å². The zero-order valence-corrected chi connectivity index (χ0v) is 12.0. The second kappa shape index (κ2) is 6.67. The minimum atomic E-state index is -0.128. The summed E-state index contributed by atoms with van der Waals surface area (Å²) in [5.74, 6) is -0.128. The Balaban J connectivity index is 1.65. The normalized spacial score (nSPS) is 10.4. The van der Waals surface area contributed by atoms with Crippen LogP contribution in [0.3, 0.4) is 0 Å². The first-order valence-electron chi connectivity index (χ1n) is 7.10. The van der Waals surface area contributed by atoms with Crippen LogP contribution in [0.5, 0.6) is 0 Å². The van der Waals surface area contributed by atoms with Crippen LogP contribution < -0.4 is 5.32 Å². The third-order valence-electron chi connectivity index (χ3n) is 3.37. The Hall–Kier alpha value is -2.95. The maximum atomic E-state index is 12.3. The van der Waals surface area contributed by atoms with E-state index in [1.807, 2.05) is 42.5 Å². The highest BCUT2D eigenvalue weighted by atomic mass is 16.1. The molecule has 0 unspecified atom stereocenters. The molecule has 3 rings (SSSR count). The molecular weight excluding hydrogens is 276 g/mol. The van der Waals surface area contributed by atoms with Crippen LogP contribution in [0.4, 0.5) is 0 Å². The third kappa shape index (κ3) is 3.20. The molecule has 2 aromatic heterocycles. The first kappa shape index (κ1) is 14.0. The molecular formula is C17H16N4O. The third-order valence-corrected chi connectivity index (χ3v) is 3.37. The number of aromatic nitrogens is 3. The van der Waals surface area contributed by atoms with Crippen molar-refractivity contribution < 1.29 is 4.79 Å².